The smallest absolute Gasteiger partial charge is 0.183 e. The van der Waals surface area contributed by atoms with E-state index in [1.165, 1.54) is 4.68 Å². The number of hydrogen-bond acceptors (Lipinski definition) is 6. The van der Waals surface area contributed by atoms with Gasteiger partial charge in [0.15, 0.2) is 5.82 Å². The lowest BCUT2D eigenvalue weighted by molar-refractivity contribution is -0.101. The minimum absolute atomic E-state index is 0.185. The Hall–Kier alpha value is -1.05. The van der Waals surface area contributed by atoms with E-state index >= 15 is 0 Å². The summed E-state index contributed by atoms with van der Waals surface area (Å²) in [7, 11) is 0. The van der Waals surface area contributed by atoms with E-state index in [4.69, 9.17) is 0 Å². The molecule has 0 aliphatic carbocycles. The average Bonchev–Trinajstić information content (AvgIpc) is 2.59. The van der Waals surface area contributed by atoms with E-state index in [1.807, 2.05) is 0 Å². The van der Waals surface area contributed by atoms with Gasteiger partial charge in [0.05, 0.1) is 6.04 Å². The first-order chi connectivity index (χ1) is 6.13. The molecule has 1 aromatic heterocycles. The average molecular weight is 186 g/mol. The highest BCUT2D eigenvalue weighted by molar-refractivity contribution is 5.01. The van der Waals surface area contributed by atoms with E-state index < -0.39 is 24.4 Å². The summed E-state index contributed by atoms with van der Waals surface area (Å²) in [6, 6.07) is -0.427. The largest absolute Gasteiger partial charge is 0.388 e. The number of rotatable bonds is 0. The maximum absolute atomic E-state index is 9.46. The fourth-order valence-corrected chi connectivity index (χ4v) is 1.45. The van der Waals surface area contributed by atoms with Crippen LogP contribution in [0.25, 0.3) is 0 Å². The quantitative estimate of drug-likeness (QED) is 0.433. The summed E-state index contributed by atoms with van der Waals surface area (Å²) >= 11 is 0. The molecule has 3 N–H and O–H groups in total. The van der Waals surface area contributed by atoms with Crippen LogP contribution in [-0.2, 0) is 0 Å². The Labute approximate surface area is 73.6 Å². The fraction of sp³-hybridized carbons (Fsp3) is 0.833. The summed E-state index contributed by atoms with van der Waals surface area (Å²) in [6.07, 6.45) is -3.50. The maximum Gasteiger partial charge on any atom is 0.183 e. The van der Waals surface area contributed by atoms with Crippen molar-refractivity contribution in [3.63, 3.8) is 0 Å². The number of hydrogen-bond donors (Lipinski definition) is 3. The first kappa shape index (κ1) is 8.54. The van der Waals surface area contributed by atoms with Gasteiger partial charge in [-0.1, -0.05) is 0 Å². The molecule has 0 radical (unpaired) electrons. The topological polar surface area (TPSA) is 104 Å². The number of tetrazole rings is 1. The van der Waals surface area contributed by atoms with Gasteiger partial charge in [0.1, 0.15) is 18.3 Å². The molecule has 7 nitrogen and oxygen atoms in total. The number of fused-ring (bicyclic) bond motifs is 1. The molecule has 1 aromatic rings. The summed E-state index contributed by atoms with van der Waals surface area (Å²) in [5, 5.41) is 38.8. The third-order valence-electron chi connectivity index (χ3n) is 2.34. The minimum Gasteiger partial charge on any atom is -0.388 e. The highest BCUT2D eigenvalue weighted by atomic mass is 16.4. The van der Waals surface area contributed by atoms with Crippen LogP contribution in [-0.4, -0.2) is 47.7 Å². The molecule has 7 heteroatoms. The van der Waals surface area contributed by atoms with E-state index in [2.05, 4.69) is 15.5 Å². The molecule has 2 heterocycles. The van der Waals surface area contributed by atoms with Gasteiger partial charge in [0.2, 0.25) is 0 Å². The van der Waals surface area contributed by atoms with E-state index in [0.717, 1.165) is 0 Å². The second kappa shape index (κ2) is 2.72. The van der Waals surface area contributed by atoms with Gasteiger partial charge in [-0.3, -0.25) is 0 Å². The Morgan fingerprint density at radius 1 is 1.23 bits per heavy atom. The zero-order chi connectivity index (χ0) is 9.59. The number of nitrogens with zero attached hydrogens (tertiary/aromatic N) is 4. The molecule has 1 aliphatic rings. The summed E-state index contributed by atoms with van der Waals surface area (Å²) < 4.78 is 1.31. The Morgan fingerprint density at radius 2 is 1.92 bits per heavy atom. The van der Waals surface area contributed by atoms with Crippen LogP contribution >= 0.6 is 0 Å². The van der Waals surface area contributed by atoms with Crippen molar-refractivity contribution in [2.24, 2.45) is 0 Å². The van der Waals surface area contributed by atoms with Gasteiger partial charge in [-0.05, 0) is 17.4 Å². The molecule has 0 fully saturated rings. The van der Waals surface area contributed by atoms with E-state index in [1.54, 1.807) is 6.92 Å². The molecule has 0 unspecified atom stereocenters. The van der Waals surface area contributed by atoms with Crippen molar-refractivity contribution < 1.29 is 15.3 Å². The fourth-order valence-electron chi connectivity index (χ4n) is 1.45. The normalized spacial score (nSPS) is 38.8. The monoisotopic (exact) mass is 186 g/mol. The van der Waals surface area contributed by atoms with Crippen molar-refractivity contribution in [3.05, 3.63) is 5.82 Å². The van der Waals surface area contributed by atoms with Crippen molar-refractivity contribution in [3.8, 4) is 0 Å². The van der Waals surface area contributed by atoms with Gasteiger partial charge in [-0.25, -0.2) is 4.68 Å². The van der Waals surface area contributed by atoms with Crippen molar-refractivity contribution in [2.45, 2.75) is 31.3 Å². The molecule has 0 bridgehead atoms. The molecule has 0 saturated carbocycles. The van der Waals surface area contributed by atoms with Gasteiger partial charge in [0.25, 0.3) is 0 Å². The standard InChI is InChI=1S/C6H10N4O3/c1-2-3(11)4(12)5(13)6-7-8-9-10(2)6/h2-5,11-13H,1H3/t2-,3-,4+,5+/m1/s1. The SMILES string of the molecule is C[C@@H]1[C@@H](O)[C@H](O)[C@H](O)c2nnnn21. The number of aliphatic hydroxyl groups is 3. The third kappa shape index (κ3) is 1.05. The molecule has 0 spiro atoms. The third-order valence-corrected chi connectivity index (χ3v) is 2.34. The summed E-state index contributed by atoms with van der Waals surface area (Å²) in [4.78, 5) is 0. The van der Waals surface area contributed by atoms with Crippen LogP contribution < -0.4 is 0 Å². The molecule has 72 valence electrons. The number of aromatic nitrogens is 4. The zero-order valence-corrected chi connectivity index (χ0v) is 6.94. The van der Waals surface area contributed by atoms with Crippen molar-refractivity contribution in [1.29, 1.82) is 0 Å². The number of aliphatic hydroxyl groups excluding tert-OH is 3. The predicted octanol–water partition coefficient (Wildman–Crippen LogP) is -2.00. The molecule has 0 saturated heterocycles. The Kier molecular flexibility index (Phi) is 1.79. The van der Waals surface area contributed by atoms with Crippen LogP contribution in [0.15, 0.2) is 0 Å². The van der Waals surface area contributed by atoms with Crippen LogP contribution in [0.3, 0.4) is 0 Å². The zero-order valence-electron chi connectivity index (χ0n) is 6.94. The molecule has 0 amide bonds. The molecule has 4 atom stereocenters. The van der Waals surface area contributed by atoms with E-state index in [9.17, 15) is 15.3 Å². The van der Waals surface area contributed by atoms with E-state index in [-0.39, 0.29) is 5.82 Å². The molecule has 2 rings (SSSR count). The molecular formula is C6H10N4O3. The Bertz CT molecular complexity index is 286. The summed E-state index contributed by atoms with van der Waals surface area (Å²) in [6.45, 7) is 1.67. The molecule has 1 aliphatic heterocycles. The maximum atomic E-state index is 9.46. The van der Waals surface area contributed by atoms with Gasteiger partial charge >= 0.3 is 0 Å². The predicted molar refractivity (Wildman–Crippen MR) is 39.5 cm³/mol. The lowest BCUT2D eigenvalue weighted by Gasteiger charge is -2.32. The first-order valence-electron chi connectivity index (χ1n) is 3.95. The minimum atomic E-state index is -1.23. The van der Waals surface area contributed by atoms with Crippen LogP contribution in [0.5, 0.6) is 0 Å². The van der Waals surface area contributed by atoms with Crippen molar-refractivity contribution in [1.82, 2.24) is 20.2 Å². The highest BCUT2D eigenvalue weighted by Gasteiger charge is 2.40. The Balaban J connectivity index is 2.46. The molecule has 13 heavy (non-hydrogen) atoms. The molecular weight excluding hydrogens is 176 g/mol. The van der Waals surface area contributed by atoms with Gasteiger partial charge in [0, 0.05) is 0 Å². The van der Waals surface area contributed by atoms with Crippen molar-refractivity contribution in [2.75, 3.05) is 0 Å². The second-order valence-corrected chi connectivity index (χ2v) is 3.15. The van der Waals surface area contributed by atoms with Crippen LogP contribution in [0.2, 0.25) is 0 Å². The van der Waals surface area contributed by atoms with Gasteiger partial charge < -0.3 is 15.3 Å². The van der Waals surface area contributed by atoms with Gasteiger partial charge in [-0.15, -0.1) is 5.10 Å². The van der Waals surface area contributed by atoms with Crippen LogP contribution in [0, 0.1) is 0 Å². The lowest BCUT2D eigenvalue weighted by Crippen LogP contribution is -2.44. The van der Waals surface area contributed by atoms with E-state index in [0.29, 0.717) is 0 Å². The highest BCUT2D eigenvalue weighted by Crippen LogP contribution is 2.29. The Morgan fingerprint density at radius 3 is 2.62 bits per heavy atom. The second-order valence-electron chi connectivity index (χ2n) is 3.15. The lowest BCUT2D eigenvalue weighted by atomic mass is 9.97. The molecule has 0 aromatic carbocycles. The van der Waals surface area contributed by atoms with Gasteiger partial charge in [-0.2, -0.15) is 0 Å². The first-order valence-corrected chi connectivity index (χ1v) is 3.95. The summed E-state index contributed by atoms with van der Waals surface area (Å²) in [5.41, 5.74) is 0. The van der Waals surface area contributed by atoms with Crippen LogP contribution in [0.4, 0.5) is 0 Å². The van der Waals surface area contributed by atoms with Crippen molar-refractivity contribution >= 4 is 0 Å². The summed E-state index contributed by atoms with van der Waals surface area (Å²) in [5.74, 6) is 0.185. The van der Waals surface area contributed by atoms with Crippen LogP contribution in [0.1, 0.15) is 24.9 Å².